The van der Waals surface area contributed by atoms with E-state index in [1.165, 1.54) is 23.1 Å². The molecular weight excluding hydrogens is 356 g/mol. The number of aromatic nitrogens is 2. The molecule has 2 amide bonds. The molecule has 6 nitrogen and oxygen atoms in total. The van der Waals surface area contributed by atoms with E-state index in [1.54, 1.807) is 25.2 Å². The Morgan fingerprint density at radius 1 is 1.40 bits per heavy atom. The van der Waals surface area contributed by atoms with E-state index in [0.717, 1.165) is 34.3 Å². The first-order valence-corrected chi connectivity index (χ1v) is 9.98. The van der Waals surface area contributed by atoms with Crippen LogP contribution in [0.2, 0.25) is 0 Å². The standard InChI is InChI=1S/C17H22N4O2S2/c1-19(2)16(23)14-7-6-13(25-14)12-5-4-9-21(12)15(22)11-24-17-18-8-10-20(17)3/h6-8,10,12H,4-5,9,11H2,1-3H3. The highest BCUT2D eigenvalue weighted by Gasteiger charge is 2.31. The number of thiophene rings is 1. The summed E-state index contributed by atoms with van der Waals surface area (Å²) in [4.78, 5) is 34.4. The second-order valence-electron chi connectivity index (χ2n) is 6.26. The van der Waals surface area contributed by atoms with E-state index in [0.29, 0.717) is 5.75 Å². The van der Waals surface area contributed by atoms with Crippen LogP contribution < -0.4 is 0 Å². The predicted molar refractivity (Wildman–Crippen MR) is 100.0 cm³/mol. The molecule has 0 aliphatic carbocycles. The number of hydrogen-bond acceptors (Lipinski definition) is 5. The monoisotopic (exact) mass is 378 g/mol. The second kappa shape index (κ2) is 7.61. The van der Waals surface area contributed by atoms with Crippen molar-refractivity contribution in [3.8, 4) is 0 Å². The first kappa shape index (κ1) is 18.0. The highest BCUT2D eigenvalue weighted by Crippen LogP contribution is 2.36. The van der Waals surface area contributed by atoms with Gasteiger partial charge in [0.05, 0.1) is 16.7 Å². The summed E-state index contributed by atoms with van der Waals surface area (Å²) in [5, 5.41) is 0.846. The van der Waals surface area contributed by atoms with Gasteiger partial charge in [-0.05, 0) is 25.0 Å². The molecule has 2 aromatic rings. The largest absolute Gasteiger partial charge is 0.344 e. The molecule has 1 saturated heterocycles. The fourth-order valence-electron chi connectivity index (χ4n) is 2.93. The van der Waals surface area contributed by atoms with Crippen LogP contribution >= 0.6 is 23.1 Å². The third kappa shape index (κ3) is 3.90. The van der Waals surface area contributed by atoms with Crippen molar-refractivity contribution in [1.82, 2.24) is 19.4 Å². The van der Waals surface area contributed by atoms with Gasteiger partial charge in [0.2, 0.25) is 5.91 Å². The van der Waals surface area contributed by atoms with Gasteiger partial charge < -0.3 is 14.4 Å². The van der Waals surface area contributed by atoms with Crippen molar-refractivity contribution in [2.24, 2.45) is 7.05 Å². The van der Waals surface area contributed by atoms with Crippen LogP contribution in [-0.2, 0) is 11.8 Å². The maximum absolute atomic E-state index is 12.7. The normalized spacial score (nSPS) is 17.1. The van der Waals surface area contributed by atoms with Gasteiger partial charge in [-0.3, -0.25) is 9.59 Å². The van der Waals surface area contributed by atoms with E-state index in [-0.39, 0.29) is 17.9 Å². The molecule has 25 heavy (non-hydrogen) atoms. The number of imidazole rings is 1. The van der Waals surface area contributed by atoms with E-state index in [9.17, 15) is 9.59 Å². The Kier molecular flexibility index (Phi) is 5.48. The van der Waals surface area contributed by atoms with Crippen molar-refractivity contribution in [3.05, 3.63) is 34.3 Å². The Labute approximate surface area is 155 Å². The van der Waals surface area contributed by atoms with Crippen molar-refractivity contribution in [1.29, 1.82) is 0 Å². The number of likely N-dealkylation sites (tertiary alicyclic amines) is 1. The minimum Gasteiger partial charge on any atom is -0.344 e. The van der Waals surface area contributed by atoms with Gasteiger partial charge >= 0.3 is 0 Å². The average Bonchev–Trinajstić information content (AvgIpc) is 3.31. The van der Waals surface area contributed by atoms with Gasteiger partial charge in [-0.15, -0.1) is 11.3 Å². The molecule has 0 radical (unpaired) electrons. The number of carbonyl (C=O) groups is 2. The summed E-state index contributed by atoms with van der Waals surface area (Å²) in [5.74, 6) is 0.526. The number of amides is 2. The number of nitrogens with zero attached hydrogens (tertiary/aromatic N) is 4. The maximum atomic E-state index is 12.7. The lowest BCUT2D eigenvalue weighted by Gasteiger charge is -2.23. The molecule has 0 saturated carbocycles. The summed E-state index contributed by atoms with van der Waals surface area (Å²) in [6.45, 7) is 0.777. The third-order valence-electron chi connectivity index (χ3n) is 4.25. The Morgan fingerprint density at radius 2 is 2.20 bits per heavy atom. The van der Waals surface area contributed by atoms with Gasteiger partial charge in [0.15, 0.2) is 5.16 Å². The molecule has 1 aliphatic rings. The van der Waals surface area contributed by atoms with E-state index < -0.39 is 0 Å². The topological polar surface area (TPSA) is 58.4 Å². The zero-order chi connectivity index (χ0) is 18.0. The molecule has 1 fully saturated rings. The highest BCUT2D eigenvalue weighted by atomic mass is 32.2. The van der Waals surface area contributed by atoms with E-state index in [2.05, 4.69) is 4.98 Å². The summed E-state index contributed by atoms with van der Waals surface area (Å²) in [6.07, 6.45) is 5.56. The van der Waals surface area contributed by atoms with Crippen LogP contribution in [0.3, 0.4) is 0 Å². The molecular formula is C17H22N4O2S2. The third-order valence-corrected chi connectivity index (χ3v) is 6.46. The lowest BCUT2D eigenvalue weighted by atomic mass is 10.2. The number of hydrogen-bond donors (Lipinski definition) is 0. The summed E-state index contributed by atoms with van der Waals surface area (Å²) in [6, 6.07) is 3.94. The van der Waals surface area contributed by atoms with Crippen LogP contribution in [0.5, 0.6) is 0 Å². The minimum absolute atomic E-state index is 0.0115. The SMILES string of the molecule is CN(C)C(=O)c1ccc(C2CCCN2C(=O)CSc2nccn2C)s1. The van der Waals surface area contributed by atoms with E-state index in [4.69, 9.17) is 0 Å². The van der Waals surface area contributed by atoms with Gasteiger partial charge in [-0.2, -0.15) is 0 Å². The fraction of sp³-hybridized carbons (Fsp3) is 0.471. The smallest absolute Gasteiger partial charge is 0.263 e. The molecule has 8 heteroatoms. The fourth-order valence-corrected chi connectivity index (χ4v) is 4.92. The first-order valence-electron chi connectivity index (χ1n) is 8.18. The number of carbonyl (C=O) groups excluding carboxylic acids is 2. The van der Waals surface area contributed by atoms with Crippen LogP contribution in [0.1, 0.15) is 33.4 Å². The molecule has 3 rings (SSSR count). The Balaban J connectivity index is 1.67. The Bertz CT molecular complexity index is 768. The summed E-state index contributed by atoms with van der Waals surface area (Å²) < 4.78 is 1.91. The quantitative estimate of drug-likeness (QED) is 0.751. The average molecular weight is 379 g/mol. The van der Waals surface area contributed by atoms with Gasteiger partial charge in [-0.1, -0.05) is 11.8 Å². The van der Waals surface area contributed by atoms with Crippen LogP contribution in [0.25, 0.3) is 0 Å². The van der Waals surface area contributed by atoms with Gasteiger partial charge in [0, 0.05) is 45.0 Å². The second-order valence-corrected chi connectivity index (χ2v) is 8.31. The molecule has 1 aliphatic heterocycles. The van der Waals surface area contributed by atoms with Gasteiger partial charge in [-0.25, -0.2) is 4.98 Å². The van der Waals surface area contributed by atoms with Crippen LogP contribution in [0.15, 0.2) is 29.7 Å². The molecule has 0 bridgehead atoms. The van der Waals surface area contributed by atoms with E-state index in [1.807, 2.05) is 34.8 Å². The lowest BCUT2D eigenvalue weighted by Crippen LogP contribution is -2.31. The van der Waals surface area contributed by atoms with Crippen LogP contribution in [-0.4, -0.2) is 57.6 Å². The molecule has 0 aromatic carbocycles. The van der Waals surface area contributed by atoms with Crippen LogP contribution in [0, 0.1) is 0 Å². The van der Waals surface area contributed by atoms with Crippen molar-refractivity contribution < 1.29 is 9.59 Å². The molecule has 1 unspecified atom stereocenters. The maximum Gasteiger partial charge on any atom is 0.263 e. The zero-order valence-electron chi connectivity index (χ0n) is 14.6. The number of rotatable bonds is 5. The Hall–Kier alpha value is -1.80. The Morgan fingerprint density at radius 3 is 2.88 bits per heavy atom. The summed E-state index contributed by atoms with van der Waals surface area (Å²) in [7, 11) is 5.43. The lowest BCUT2D eigenvalue weighted by molar-refractivity contribution is -0.129. The van der Waals surface area contributed by atoms with Gasteiger partial charge in [0.25, 0.3) is 5.91 Å². The first-order chi connectivity index (χ1) is 12.0. The number of thioether (sulfide) groups is 1. The summed E-state index contributed by atoms with van der Waals surface area (Å²) >= 11 is 2.96. The molecule has 0 spiro atoms. The van der Waals surface area contributed by atoms with Crippen molar-refractivity contribution in [2.45, 2.75) is 24.0 Å². The molecule has 1 atom stereocenters. The van der Waals surface area contributed by atoms with Crippen molar-refractivity contribution in [3.63, 3.8) is 0 Å². The molecule has 134 valence electrons. The van der Waals surface area contributed by atoms with Gasteiger partial charge in [0.1, 0.15) is 0 Å². The summed E-state index contributed by atoms with van der Waals surface area (Å²) in [5.41, 5.74) is 0. The number of aryl methyl sites for hydroxylation is 1. The predicted octanol–water partition coefficient (Wildman–Crippen LogP) is 2.64. The van der Waals surface area contributed by atoms with Crippen molar-refractivity contribution in [2.75, 3.05) is 26.4 Å². The van der Waals surface area contributed by atoms with Crippen molar-refractivity contribution >= 4 is 34.9 Å². The molecule has 3 heterocycles. The van der Waals surface area contributed by atoms with Crippen LogP contribution in [0.4, 0.5) is 0 Å². The van der Waals surface area contributed by atoms with E-state index >= 15 is 0 Å². The zero-order valence-corrected chi connectivity index (χ0v) is 16.3. The minimum atomic E-state index is 0.0115. The molecule has 2 aromatic heterocycles. The molecule has 0 N–H and O–H groups in total. The highest BCUT2D eigenvalue weighted by molar-refractivity contribution is 7.99.